The highest BCUT2D eigenvalue weighted by Crippen LogP contribution is 2.37. The minimum absolute atomic E-state index is 0.0670. The van der Waals surface area contributed by atoms with E-state index in [9.17, 15) is 9.90 Å². The molecule has 3 aromatic rings. The van der Waals surface area contributed by atoms with Crippen LogP contribution in [0.25, 0.3) is 5.69 Å². The van der Waals surface area contributed by atoms with Crippen LogP contribution in [0.15, 0.2) is 36.4 Å². The highest BCUT2D eigenvalue weighted by atomic mass is 35.5. The third-order valence-corrected chi connectivity index (χ3v) is 6.46. The van der Waals surface area contributed by atoms with Gasteiger partial charge in [0.25, 0.3) is 0 Å². The largest absolute Gasteiger partial charge is 0.474 e. The maximum atomic E-state index is 11.7. The number of amides is 1. The van der Waals surface area contributed by atoms with E-state index < -0.39 is 6.09 Å². The van der Waals surface area contributed by atoms with E-state index >= 15 is 0 Å². The molecule has 1 saturated carbocycles. The second-order valence-electron chi connectivity index (χ2n) is 8.11. The van der Waals surface area contributed by atoms with Crippen LogP contribution in [0.2, 0.25) is 10.2 Å². The molecule has 2 aliphatic rings. The van der Waals surface area contributed by atoms with Crippen LogP contribution >= 0.6 is 23.2 Å². The molecule has 0 spiro atoms. The lowest BCUT2D eigenvalue weighted by Crippen LogP contribution is -2.28. The molecule has 2 aromatic heterocycles. The standard InChI is InChI=1S/C22H21Cl2N5O3/c23-15-6-9-17-14(10-15)11-28(22(30)31)12-19-26-27-21(29(17)19)13-4-7-16(8-5-13)32-20-3-1-2-18(24)25-20/h1-3,6,9-10,13,16H,4-5,7-8,11-12H2,(H,30,31)/t13-,16-. The van der Waals surface area contributed by atoms with Gasteiger partial charge in [-0.25, -0.2) is 9.78 Å². The fourth-order valence-corrected chi connectivity index (χ4v) is 4.84. The number of hydrogen-bond donors (Lipinski definition) is 1. The van der Waals surface area contributed by atoms with Gasteiger partial charge in [-0.05, 0) is 55.5 Å². The maximum absolute atomic E-state index is 11.7. The van der Waals surface area contributed by atoms with Gasteiger partial charge in [-0.3, -0.25) is 9.47 Å². The molecule has 1 aromatic carbocycles. The summed E-state index contributed by atoms with van der Waals surface area (Å²) in [5.41, 5.74) is 1.72. The van der Waals surface area contributed by atoms with Gasteiger partial charge in [0.15, 0.2) is 5.82 Å². The zero-order valence-electron chi connectivity index (χ0n) is 17.1. The first-order chi connectivity index (χ1) is 15.5. The molecule has 0 atom stereocenters. The summed E-state index contributed by atoms with van der Waals surface area (Å²) in [6.07, 6.45) is 2.55. The fraction of sp³-hybridized carbons (Fsp3) is 0.364. The molecule has 5 rings (SSSR count). The average molecular weight is 474 g/mol. The number of halogens is 2. The molecule has 10 heteroatoms. The lowest BCUT2D eigenvalue weighted by Gasteiger charge is -2.28. The predicted octanol–water partition coefficient (Wildman–Crippen LogP) is 5.07. The van der Waals surface area contributed by atoms with E-state index in [1.807, 2.05) is 34.9 Å². The molecule has 0 unspecified atom stereocenters. The van der Waals surface area contributed by atoms with Crippen molar-refractivity contribution < 1.29 is 14.6 Å². The van der Waals surface area contributed by atoms with Crippen molar-refractivity contribution in [3.05, 3.63) is 63.8 Å². The topological polar surface area (TPSA) is 93.4 Å². The Bertz CT molecular complexity index is 1160. The van der Waals surface area contributed by atoms with Crippen molar-refractivity contribution in [3.63, 3.8) is 0 Å². The summed E-state index contributed by atoms with van der Waals surface area (Å²) in [7, 11) is 0. The molecular formula is C22H21Cl2N5O3. The molecular weight excluding hydrogens is 453 g/mol. The third-order valence-electron chi connectivity index (χ3n) is 6.02. The molecule has 0 bridgehead atoms. The second kappa shape index (κ2) is 8.60. The summed E-state index contributed by atoms with van der Waals surface area (Å²) in [6, 6.07) is 10.9. The van der Waals surface area contributed by atoms with E-state index in [0.29, 0.717) is 21.9 Å². The number of fused-ring (bicyclic) bond motifs is 3. The van der Waals surface area contributed by atoms with Crippen LogP contribution < -0.4 is 4.74 Å². The van der Waals surface area contributed by atoms with Crippen molar-refractivity contribution in [2.45, 2.75) is 50.8 Å². The summed E-state index contributed by atoms with van der Waals surface area (Å²) < 4.78 is 8.03. The molecule has 1 fully saturated rings. The monoisotopic (exact) mass is 473 g/mol. The number of benzene rings is 1. The minimum atomic E-state index is -0.999. The number of nitrogens with zero attached hydrogens (tertiary/aromatic N) is 5. The fourth-order valence-electron chi connectivity index (χ4n) is 4.49. The van der Waals surface area contributed by atoms with E-state index in [4.69, 9.17) is 27.9 Å². The van der Waals surface area contributed by atoms with Gasteiger partial charge in [0.1, 0.15) is 17.1 Å². The number of ether oxygens (including phenoxy) is 1. The highest BCUT2D eigenvalue weighted by molar-refractivity contribution is 6.30. The van der Waals surface area contributed by atoms with Crippen LogP contribution in [-0.2, 0) is 13.1 Å². The van der Waals surface area contributed by atoms with Gasteiger partial charge >= 0.3 is 6.09 Å². The van der Waals surface area contributed by atoms with Crippen molar-refractivity contribution in [1.82, 2.24) is 24.6 Å². The van der Waals surface area contributed by atoms with Gasteiger partial charge in [-0.2, -0.15) is 0 Å². The van der Waals surface area contributed by atoms with E-state index in [1.165, 1.54) is 4.90 Å². The zero-order valence-corrected chi connectivity index (χ0v) is 18.6. The van der Waals surface area contributed by atoms with Crippen molar-refractivity contribution in [3.8, 4) is 11.6 Å². The van der Waals surface area contributed by atoms with Crippen molar-refractivity contribution in [1.29, 1.82) is 0 Å². The lowest BCUT2D eigenvalue weighted by atomic mass is 9.86. The summed E-state index contributed by atoms with van der Waals surface area (Å²) in [5.74, 6) is 2.21. The summed E-state index contributed by atoms with van der Waals surface area (Å²) in [6.45, 7) is 0.425. The van der Waals surface area contributed by atoms with Crippen molar-refractivity contribution >= 4 is 29.3 Å². The Balaban J connectivity index is 1.39. The lowest BCUT2D eigenvalue weighted by molar-refractivity contribution is 0.137. The highest BCUT2D eigenvalue weighted by Gasteiger charge is 2.32. The summed E-state index contributed by atoms with van der Waals surface area (Å²) in [4.78, 5) is 17.3. The van der Waals surface area contributed by atoms with Gasteiger partial charge < -0.3 is 9.84 Å². The Hall–Kier alpha value is -2.84. The average Bonchev–Trinajstić information content (AvgIpc) is 3.10. The number of pyridine rings is 1. The van der Waals surface area contributed by atoms with Crippen LogP contribution in [0.3, 0.4) is 0 Å². The van der Waals surface area contributed by atoms with E-state index in [0.717, 1.165) is 42.8 Å². The first kappa shape index (κ1) is 21.0. The third kappa shape index (κ3) is 4.12. The smallest absolute Gasteiger partial charge is 0.408 e. The van der Waals surface area contributed by atoms with Gasteiger partial charge in [-0.15, -0.1) is 10.2 Å². The quantitative estimate of drug-likeness (QED) is 0.533. The van der Waals surface area contributed by atoms with Gasteiger partial charge in [0.2, 0.25) is 5.88 Å². The Labute approximate surface area is 194 Å². The minimum Gasteiger partial charge on any atom is -0.474 e. The van der Waals surface area contributed by atoms with Crippen molar-refractivity contribution in [2.24, 2.45) is 0 Å². The number of carboxylic acid groups (broad SMARTS) is 1. The number of hydrogen-bond acceptors (Lipinski definition) is 5. The van der Waals surface area contributed by atoms with E-state index in [1.54, 1.807) is 6.07 Å². The van der Waals surface area contributed by atoms with Crippen LogP contribution in [-0.4, -0.2) is 42.0 Å². The van der Waals surface area contributed by atoms with E-state index in [-0.39, 0.29) is 25.1 Å². The molecule has 0 saturated heterocycles. The SMILES string of the molecule is O=C(O)N1Cc2cc(Cl)ccc2-n2c(nnc2[C@H]2CC[C@H](Oc3cccc(Cl)n3)CC2)C1. The first-order valence-electron chi connectivity index (χ1n) is 10.5. The van der Waals surface area contributed by atoms with E-state index in [2.05, 4.69) is 15.2 Å². The summed E-state index contributed by atoms with van der Waals surface area (Å²) in [5, 5.41) is 19.4. The Morgan fingerprint density at radius 1 is 1.06 bits per heavy atom. The second-order valence-corrected chi connectivity index (χ2v) is 8.94. The molecule has 1 amide bonds. The molecule has 3 heterocycles. The van der Waals surface area contributed by atoms with Crippen molar-refractivity contribution in [2.75, 3.05) is 0 Å². The summed E-state index contributed by atoms with van der Waals surface area (Å²) >= 11 is 12.2. The van der Waals surface area contributed by atoms with Crippen LogP contribution in [0, 0.1) is 0 Å². The predicted molar refractivity (Wildman–Crippen MR) is 119 cm³/mol. The first-order valence-corrected chi connectivity index (χ1v) is 11.2. The maximum Gasteiger partial charge on any atom is 0.408 e. The molecule has 1 aliphatic carbocycles. The number of rotatable bonds is 3. The molecule has 1 aliphatic heterocycles. The van der Waals surface area contributed by atoms with Gasteiger partial charge in [-0.1, -0.05) is 29.3 Å². The Kier molecular flexibility index (Phi) is 5.65. The molecule has 8 nitrogen and oxygen atoms in total. The molecule has 166 valence electrons. The normalized spacial score (nSPS) is 20.2. The number of aromatic nitrogens is 4. The van der Waals surface area contributed by atoms with Crippen LogP contribution in [0.5, 0.6) is 5.88 Å². The number of carbonyl (C=O) groups is 1. The van der Waals surface area contributed by atoms with Crippen LogP contribution in [0.4, 0.5) is 4.79 Å². The van der Waals surface area contributed by atoms with Gasteiger partial charge in [0.05, 0.1) is 18.8 Å². The van der Waals surface area contributed by atoms with Gasteiger partial charge in [0, 0.05) is 17.0 Å². The Morgan fingerprint density at radius 3 is 2.62 bits per heavy atom. The van der Waals surface area contributed by atoms with Crippen LogP contribution in [0.1, 0.15) is 48.8 Å². The Morgan fingerprint density at radius 2 is 1.88 bits per heavy atom. The molecule has 0 radical (unpaired) electrons. The molecule has 32 heavy (non-hydrogen) atoms. The molecule has 1 N–H and O–H groups in total. The zero-order chi connectivity index (χ0) is 22.2.